The monoisotopic (exact) mass is 268 g/mol. The normalized spacial score (nSPS) is 23.1. The Balaban J connectivity index is 1.80. The quantitative estimate of drug-likeness (QED) is 0.904. The van der Waals surface area contributed by atoms with Crippen LogP contribution in [-0.2, 0) is 17.6 Å². The summed E-state index contributed by atoms with van der Waals surface area (Å²) in [5.74, 6) is 0.238. The van der Waals surface area contributed by atoms with Crippen LogP contribution in [0.25, 0.3) is 10.8 Å². The molecule has 1 aliphatic heterocycles. The van der Waals surface area contributed by atoms with Crippen LogP contribution in [0.2, 0.25) is 0 Å². The summed E-state index contributed by atoms with van der Waals surface area (Å²) in [5, 5.41) is 13.4. The fourth-order valence-corrected chi connectivity index (χ4v) is 3.80. The van der Waals surface area contributed by atoms with Crippen LogP contribution in [0.1, 0.15) is 35.6 Å². The molecule has 0 amide bonds. The second kappa shape index (κ2) is 4.87. The Hall–Kier alpha value is -1.38. The van der Waals surface area contributed by atoms with E-state index in [0.717, 1.165) is 37.9 Å². The van der Waals surface area contributed by atoms with Gasteiger partial charge in [-0.05, 0) is 53.1 Å². The molecule has 1 saturated heterocycles. The molecule has 2 heteroatoms. The van der Waals surface area contributed by atoms with Gasteiger partial charge in [0.15, 0.2) is 0 Å². The maximum absolute atomic E-state index is 10.8. The van der Waals surface area contributed by atoms with Crippen LogP contribution in [0.4, 0.5) is 0 Å². The van der Waals surface area contributed by atoms with Crippen molar-refractivity contribution in [1.82, 2.24) is 0 Å². The maximum atomic E-state index is 10.8. The first-order chi connectivity index (χ1) is 9.84. The van der Waals surface area contributed by atoms with Gasteiger partial charge in [0.2, 0.25) is 0 Å². The fraction of sp³-hybridized carbons (Fsp3) is 0.444. The van der Waals surface area contributed by atoms with Crippen molar-refractivity contribution < 1.29 is 9.84 Å². The van der Waals surface area contributed by atoms with E-state index >= 15 is 0 Å². The van der Waals surface area contributed by atoms with E-state index in [-0.39, 0.29) is 5.92 Å². The Bertz CT molecular complexity index is 631. The number of aryl methyl sites for hydroxylation is 2. The summed E-state index contributed by atoms with van der Waals surface area (Å²) in [7, 11) is 0. The van der Waals surface area contributed by atoms with Crippen molar-refractivity contribution in [2.75, 3.05) is 13.2 Å². The van der Waals surface area contributed by atoms with Gasteiger partial charge < -0.3 is 9.84 Å². The predicted octanol–water partition coefficient (Wildman–Crippen LogP) is 3.40. The molecule has 0 saturated carbocycles. The third-order valence-electron chi connectivity index (χ3n) is 4.87. The zero-order chi connectivity index (χ0) is 13.5. The Labute approximate surface area is 119 Å². The number of ether oxygens (including phenoxy) is 1. The zero-order valence-corrected chi connectivity index (χ0v) is 11.6. The molecule has 2 atom stereocenters. The molecular weight excluding hydrogens is 248 g/mol. The van der Waals surface area contributed by atoms with Crippen LogP contribution in [0.15, 0.2) is 30.3 Å². The van der Waals surface area contributed by atoms with Gasteiger partial charge in [0.05, 0.1) is 12.7 Å². The van der Waals surface area contributed by atoms with Gasteiger partial charge in [0.1, 0.15) is 0 Å². The standard InChI is InChI=1S/C18H20O2/c19-18(14-4-2-10-20-11-14)16-9-8-13-7-6-12-3-1-5-15(16)17(12)13/h1,3,5,8-9,14,18-19H,2,4,6-7,10-11H2. The Morgan fingerprint density at radius 1 is 1.10 bits per heavy atom. The highest BCUT2D eigenvalue weighted by molar-refractivity contribution is 5.93. The van der Waals surface area contributed by atoms with Gasteiger partial charge in [-0.15, -0.1) is 0 Å². The van der Waals surface area contributed by atoms with E-state index < -0.39 is 6.10 Å². The summed E-state index contributed by atoms with van der Waals surface area (Å²) in [6.07, 6.45) is 3.99. The smallest absolute Gasteiger partial charge is 0.0846 e. The van der Waals surface area contributed by atoms with Gasteiger partial charge in [-0.25, -0.2) is 0 Å². The second-order valence-electron chi connectivity index (χ2n) is 6.08. The molecule has 2 aromatic carbocycles. The average Bonchev–Trinajstić information content (AvgIpc) is 2.93. The number of rotatable bonds is 2. The Kier molecular flexibility index (Phi) is 3.01. The summed E-state index contributed by atoms with van der Waals surface area (Å²) in [4.78, 5) is 0. The lowest BCUT2D eigenvalue weighted by Gasteiger charge is -2.27. The van der Waals surface area contributed by atoms with Crippen molar-refractivity contribution in [3.63, 3.8) is 0 Å². The van der Waals surface area contributed by atoms with Crippen molar-refractivity contribution in [3.8, 4) is 0 Å². The number of hydrogen-bond acceptors (Lipinski definition) is 2. The average molecular weight is 268 g/mol. The van der Waals surface area contributed by atoms with Crippen LogP contribution in [-0.4, -0.2) is 18.3 Å². The first-order valence-corrected chi connectivity index (χ1v) is 7.64. The molecule has 20 heavy (non-hydrogen) atoms. The lowest BCUT2D eigenvalue weighted by molar-refractivity contribution is -0.00942. The van der Waals surface area contributed by atoms with E-state index in [1.165, 1.54) is 21.9 Å². The van der Waals surface area contributed by atoms with E-state index in [4.69, 9.17) is 4.74 Å². The molecule has 104 valence electrons. The summed E-state index contributed by atoms with van der Waals surface area (Å²) in [6.45, 7) is 1.52. The van der Waals surface area contributed by atoms with Crippen molar-refractivity contribution in [1.29, 1.82) is 0 Å². The van der Waals surface area contributed by atoms with Crippen LogP contribution in [0.3, 0.4) is 0 Å². The predicted molar refractivity (Wildman–Crippen MR) is 79.9 cm³/mol. The minimum Gasteiger partial charge on any atom is -0.388 e. The third kappa shape index (κ3) is 1.87. The van der Waals surface area contributed by atoms with Crippen molar-refractivity contribution >= 4 is 10.8 Å². The van der Waals surface area contributed by atoms with Gasteiger partial charge in [0.25, 0.3) is 0 Å². The Morgan fingerprint density at radius 3 is 2.75 bits per heavy atom. The van der Waals surface area contributed by atoms with Crippen molar-refractivity contribution in [2.45, 2.75) is 31.8 Å². The third-order valence-corrected chi connectivity index (χ3v) is 4.87. The molecule has 0 spiro atoms. The highest BCUT2D eigenvalue weighted by atomic mass is 16.5. The highest BCUT2D eigenvalue weighted by Gasteiger charge is 2.26. The molecule has 0 radical (unpaired) electrons. The second-order valence-corrected chi connectivity index (χ2v) is 6.08. The highest BCUT2D eigenvalue weighted by Crippen LogP contribution is 2.38. The van der Waals surface area contributed by atoms with Gasteiger partial charge in [-0.1, -0.05) is 30.3 Å². The molecule has 1 aliphatic carbocycles. The molecule has 1 heterocycles. The Morgan fingerprint density at radius 2 is 1.95 bits per heavy atom. The topological polar surface area (TPSA) is 29.5 Å². The van der Waals surface area contributed by atoms with E-state index in [2.05, 4.69) is 30.3 Å². The zero-order valence-electron chi connectivity index (χ0n) is 11.6. The first kappa shape index (κ1) is 12.4. The number of aliphatic hydroxyl groups excluding tert-OH is 1. The molecule has 1 N–H and O–H groups in total. The SMILES string of the molecule is OC(c1ccc2c3c(cccc13)CC2)C1CCCOC1. The number of aliphatic hydroxyl groups is 1. The van der Waals surface area contributed by atoms with Gasteiger partial charge in [0, 0.05) is 12.5 Å². The molecule has 2 aliphatic rings. The molecule has 0 aromatic heterocycles. The maximum Gasteiger partial charge on any atom is 0.0846 e. The number of benzene rings is 2. The lowest BCUT2D eigenvalue weighted by Crippen LogP contribution is -2.23. The van der Waals surface area contributed by atoms with Gasteiger partial charge in [-0.3, -0.25) is 0 Å². The van der Waals surface area contributed by atoms with Crippen LogP contribution in [0.5, 0.6) is 0 Å². The molecule has 2 nitrogen and oxygen atoms in total. The first-order valence-electron chi connectivity index (χ1n) is 7.64. The minimum absolute atomic E-state index is 0.238. The fourth-order valence-electron chi connectivity index (χ4n) is 3.80. The molecule has 2 aromatic rings. The minimum atomic E-state index is -0.403. The van der Waals surface area contributed by atoms with Crippen LogP contribution in [0, 0.1) is 5.92 Å². The molecule has 2 unspecified atom stereocenters. The van der Waals surface area contributed by atoms with E-state index in [1.807, 2.05) is 0 Å². The summed E-state index contributed by atoms with van der Waals surface area (Å²) < 4.78 is 5.54. The summed E-state index contributed by atoms with van der Waals surface area (Å²) >= 11 is 0. The molecule has 0 bridgehead atoms. The number of hydrogen-bond donors (Lipinski definition) is 1. The molecule has 1 fully saturated rings. The van der Waals surface area contributed by atoms with Crippen LogP contribution < -0.4 is 0 Å². The van der Waals surface area contributed by atoms with E-state index in [9.17, 15) is 5.11 Å². The lowest BCUT2D eigenvalue weighted by atomic mass is 9.87. The summed E-state index contributed by atoms with van der Waals surface area (Å²) in [6, 6.07) is 10.8. The molecular formula is C18H20O2. The van der Waals surface area contributed by atoms with Crippen molar-refractivity contribution in [2.24, 2.45) is 5.92 Å². The van der Waals surface area contributed by atoms with Gasteiger partial charge in [-0.2, -0.15) is 0 Å². The summed E-state index contributed by atoms with van der Waals surface area (Å²) in [5.41, 5.74) is 3.96. The van der Waals surface area contributed by atoms with Crippen LogP contribution >= 0.6 is 0 Å². The largest absolute Gasteiger partial charge is 0.388 e. The van der Waals surface area contributed by atoms with Crippen molar-refractivity contribution in [3.05, 3.63) is 47.0 Å². The van der Waals surface area contributed by atoms with Gasteiger partial charge >= 0.3 is 0 Å². The van der Waals surface area contributed by atoms with E-state index in [0.29, 0.717) is 6.61 Å². The van der Waals surface area contributed by atoms with E-state index in [1.54, 1.807) is 0 Å². The molecule has 4 rings (SSSR count).